The minimum atomic E-state index is -0.720. The highest BCUT2D eigenvalue weighted by atomic mass is 16.5. The zero-order chi connectivity index (χ0) is 20.6. The normalized spacial score (nSPS) is 13.1. The van der Waals surface area contributed by atoms with Gasteiger partial charge in [-0.05, 0) is 43.4 Å². The molecule has 28 heavy (non-hydrogen) atoms. The molecule has 150 valence electrons. The lowest BCUT2D eigenvalue weighted by atomic mass is 9.86. The number of hydrogen-bond donors (Lipinski definition) is 1. The van der Waals surface area contributed by atoms with E-state index in [9.17, 15) is 9.90 Å². The summed E-state index contributed by atoms with van der Waals surface area (Å²) in [5.74, 6) is 0.772. The Morgan fingerprint density at radius 1 is 1.14 bits per heavy atom. The summed E-state index contributed by atoms with van der Waals surface area (Å²) in [6, 6.07) is 9.54. The number of aryl methyl sites for hydroxylation is 3. The Labute approximate surface area is 165 Å². The van der Waals surface area contributed by atoms with Gasteiger partial charge in [-0.25, -0.2) is 0 Å². The fraction of sp³-hybridized carbons (Fsp3) is 0.455. The average Bonchev–Trinajstić information content (AvgIpc) is 2.99. The lowest BCUT2D eigenvalue weighted by Gasteiger charge is -2.21. The monoisotopic (exact) mass is 383 g/mol. The van der Waals surface area contributed by atoms with Gasteiger partial charge in [0.25, 0.3) is 5.56 Å². The topological polar surface area (TPSA) is 68.8 Å². The van der Waals surface area contributed by atoms with Crippen LogP contribution in [0.5, 0.6) is 5.75 Å². The first kappa shape index (κ1) is 20.1. The number of nitrogens with zero attached hydrogens (tertiary/aromatic N) is 3. The van der Waals surface area contributed by atoms with Crippen LogP contribution >= 0.6 is 0 Å². The maximum Gasteiger partial charge on any atom is 0.274 e. The molecule has 3 aromatic rings. The summed E-state index contributed by atoms with van der Waals surface area (Å²) in [6.07, 6.45) is -0.720. The minimum Gasteiger partial charge on any atom is -0.491 e. The molecule has 1 aromatic carbocycles. The summed E-state index contributed by atoms with van der Waals surface area (Å²) in [5, 5.41) is 14.8. The molecule has 0 saturated heterocycles. The van der Waals surface area contributed by atoms with Crippen molar-refractivity contribution < 1.29 is 9.84 Å². The van der Waals surface area contributed by atoms with Crippen LogP contribution in [0.4, 0.5) is 0 Å². The van der Waals surface area contributed by atoms with E-state index in [2.05, 4.69) is 38.0 Å². The number of aromatic nitrogens is 3. The van der Waals surface area contributed by atoms with Crippen molar-refractivity contribution in [2.75, 3.05) is 6.61 Å². The number of ether oxygens (including phenoxy) is 1. The molecule has 0 fully saturated rings. The van der Waals surface area contributed by atoms with Gasteiger partial charge in [0, 0.05) is 17.8 Å². The van der Waals surface area contributed by atoms with E-state index in [0.29, 0.717) is 12.2 Å². The quantitative estimate of drug-likeness (QED) is 0.735. The molecule has 1 N–H and O–H groups in total. The molecule has 1 atom stereocenters. The summed E-state index contributed by atoms with van der Waals surface area (Å²) in [4.78, 5) is 12.1. The molecule has 0 aliphatic heterocycles. The molecule has 0 saturated carbocycles. The van der Waals surface area contributed by atoms with E-state index in [-0.39, 0.29) is 17.6 Å². The summed E-state index contributed by atoms with van der Waals surface area (Å²) >= 11 is 0. The molecule has 6 heteroatoms. The molecule has 0 amide bonds. The predicted molar refractivity (Wildman–Crippen MR) is 110 cm³/mol. The van der Waals surface area contributed by atoms with Crippen molar-refractivity contribution in [2.45, 2.75) is 59.6 Å². The Morgan fingerprint density at radius 3 is 2.50 bits per heavy atom. The molecule has 6 nitrogen and oxygen atoms in total. The smallest absolute Gasteiger partial charge is 0.274 e. The van der Waals surface area contributed by atoms with Gasteiger partial charge < -0.3 is 14.4 Å². The largest absolute Gasteiger partial charge is 0.491 e. The molecular formula is C22H29N3O3. The zero-order valence-electron chi connectivity index (χ0n) is 17.5. The lowest BCUT2D eigenvalue weighted by molar-refractivity contribution is 0.0923. The highest BCUT2D eigenvalue weighted by Crippen LogP contribution is 2.27. The predicted octanol–water partition coefficient (Wildman–Crippen LogP) is 3.16. The fourth-order valence-electron chi connectivity index (χ4n) is 3.30. The average molecular weight is 383 g/mol. The summed E-state index contributed by atoms with van der Waals surface area (Å²) in [6.45, 7) is 12.7. The van der Waals surface area contributed by atoms with Crippen molar-refractivity contribution >= 4 is 5.65 Å². The van der Waals surface area contributed by atoms with Crippen LogP contribution in [0.1, 0.15) is 43.3 Å². The van der Waals surface area contributed by atoms with E-state index in [1.54, 1.807) is 0 Å². The highest BCUT2D eigenvalue weighted by molar-refractivity contribution is 5.42. The van der Waals surface area contributed by atoms with Crippen LogP contribution in [-0.2, 0) is 12.0 Å². The van der Waals surface area contributed by atoms with E-state index >= 15 is 0 Å². The van der Waals surface area contributed by atoms with Crippen LogP contribution < -0.4 is 10.3 Å². The minimum absolute atomic E-state index is 0.0828. The van der Waals surface area contributed by atoms with Crippen molar-refractivity contribution in [1.82, 2.24) is 14.2 Å². The van der Waals surface area contributed by atoms with E-state index in [0.717, 1.165) is 22.7 Å². The van der Waals surface area contributed by atoms with E-state index in [1.807, 2.05) is 37.5 Å². The standard InChI is InChI=1S/C22H29N3O3/c1-14-9-17(22(4,5)6)7-8-19(14)28-13-18(26)12-24-16(3)11-21(27)25-20(24)10-15(2)23-25/h7-11,18,26H,12-13H2,1-6H3/t18-/m0/s1. The number of fused-ring (bicyclic) bond motifs is 1. The zero-order valence-corrected chi connectivity index (χ0v) is 17.5. The van der Waals surface area contributed by atoms with Crippen molar-refractivity contribution in [2.24, 2.45) is 0 Å². The van der Waals surface area contributed by atoms with Gasteiger partial charge in [0.1, 0.15) is 24.1 Å². The summed E-state index contributed by atoms with van der Waals surface area (Å²) < 4.78 is 9.13. The van der Waals surface area contributed by atoms with Gasteiger partial charge in [0.05, 0.1) is 12.2 Å². The summed E-state index contributed by atoms with van der Waals surface area (Å²) in [7, 11) is 0. The summed E-state index contributed by atoms with van der Waals surface area (Å²) in [5.41, 5.74) is 4.43. The third-order valence-electron chi connectivity index (χ3n) is 4.92. The third-order valence-corrected chi connectivity index (χ3v) is 4.92. The molecule has 0 radical (unpaired) electrons. The Balaban J connectivity index is 1.74. The molecule has 2 aromatic heterocycles. The molecule has 0 bridgehead atoms. The highest BCUT2D eigenvalue weighted by Gasteiger charge is 2.16. The van der Waals surface area contributed by atoms with Crippen molar-refractivity contribution in [3.8, 4) is 5.75 Å². The first-order valence-electron chi connectivity index (χ1n) is 9.55. The van der Waals surface area contributed by atoms with Gasteiger partial charge >= 0.3 is 0 Å². The number of hydrogen-bond acceptors (Lipinski definition) is 4. The van der Waals surface area contributed by atoms with E-state index < -0.39 is 6.10 Å². The number of rotatable bonds is 5. The van der Waals surface area contributed by atoms with Crippen LogP contribution in [0.3, 0.4) is 0 Å². The molecule has 0 spiro atoms. The second-order valence-corrected chi connectivity index (χ2v) is 8.49. The van der Waals surface area contributed by atoms with Gasteiger partial charge in [-0.15, -0.1) is 0 Å². The second kappa shape index (κ2) is 7.43. The van der Waals surface area contributed by atoms with Crippen LogP contribution in [0.25, 0.3) is 5.65 Å². The van der Waals surface area contributed by atoms with Crippen molar-refractivity contribution in [1.29, 1.82) is 0 Å². The maximum absolute atomic E-state index is 12.1. The van der Waals surface area contributed by atoms with Crippen molar-refractivity contribution in [3.05, 3.63) is 63.2 Å². The Kier molecular flexibility index (Phi) is 5.35. The SMILES string of the molecule is Cc1cc2n(C[C@H](O)COc3ccc(C(C)(C)C)cc3C)c(C)cc(=O)n2n1. The van der Waals surface area contributed by atoms with E-state index in [1.165, 1.54) is 16.1 Å². The van der Waals surface area contributed by atoms with Crippen molar-refractivity contribution in [3.63, 3.8) is 0 Å². The van der Waals surface area contributed by atoms with E-state index in [4.69, 9.17) is 4.74 Å². The molecule has 0 unspecified atom stereocenters. The maximum atomic E-state index is 12.1. The molecule has 3 rings (SSSR count). The fourth-order valence-corrected chi connectivity index (χ4v) is 3.30. The second-order valence-electron chi connectivity index (χ2n) is 8.49. The van der Waals surface area contributed by atoms with Crippen LogP contribution in [0.15, 0.2) is 35.1 Å². The number of benzene rings is 1. The number of aliphatic hydroxyl groups excluding tert-OH is 1. The molecule has 2 heterocycles. The third kappa shape index (κ3) is 4.12. The molecular weight excluding hydrogens is 354 g/mol. The Hall–Kier alpha value is -2.60. The van der Waals surface area contributed by atoms with Gasteiger partial charge in [0.15, 0.2) is 0 Å². The van der Waals surface area contributed by atoms with Gasteiger partial charge in [0.2, 0.25) is 0 Å². The Bertz CT molecular complexity index is 1060. The first-order chi connectivity index (χ1) is 13.1. The lowest BCUT2D eigenvalue weighted by Crippen LogP contribution is -2.28. The van der Waals surface area contributed by atoms with Crippen LogP contribution in [0.2, 0.25) is 0 Å². The first-order valence-corrected chi connectivity index (χ1v) is 9.55. The Morgan fingerprint density at radius 2 is 1.86 bits per heavy atom. The van der Waals surface area contributed by atoms with Gasteiger partial charge in [-0.1, -0.05) is 32.9 Å². The van der Waals surface area contributed by atoms with Gasteiger partial charge in [-0.3, -0.25) is 4.79 Å². The molecule has 0 aliphatic rings. The number of aliphatic hydroxyl groups is 1. The van der Waals surface area contributed by atoms with Crippen LogP contribution in [0, 0.1) is 20.8 Å². The van der Waals surface area contributed by atoms with Crippen LogP contribution in [-0.4, -0.2) is 32.0 Å². The van der Waals surface area contributed by atoms with Gasteiger partial charge in [-0.2, -0.15) is 9.61 Å². The molecule has 0 aliphatic carbocycles.